The van der Waals surface area contributed by atoms with Crippen molar-refractivity contribution in [1.29, 1.82) is 0 Å². The first-order valence-corrected chi connectivity index (χ1v) is 10.9. The molecule has 2 aliphatic heterocycles. The average molecular weight is 427 g/mol. The SMILES string of the molecule is COC(=O)c1ccoc1CC1CCN(C(=O)CN2CCN(c3ccccn3)CC2)CC1. The number of anilines is 1. The van der Waals surface area contributed by atoms with Gasteiger partial charge in [0.15, 0.2) is 0 Å². The van der Waals surface area contributed by atoms with Gasteiger partial charge >= 0.3 is 5.97 Å². The van der Waals surface area contributed by atoms with Crippen LogP contribution in [0.2, 0.25) is 0 Å². The number of carbonyl (C=O) groups excluding carboxylic acids is 2. The summed E-state index contributed by atoms with van der Waals surface area (Å²) in [6.07, 6.45) is 5.89. The molecule has 4 heterocycles. The molecule has 2 saturated heterocycles. The fourth-order valence-corrected chi connectivity index (χ4v) is 4.41. The van der Waals surface area contributed by atoms with Crippen molar-refractivity contribution in [2.75, 3.05) is 57.8 Å². The molecule has 31 heavy (non-hydrogen) atoms. The zero-order chi connectivity index (χ0) is 21.6. The lowest BCUT2D eigenvalue weighted by atomic mass is 9.91. The normalized spacial score (nSPS) is 18.2. The minimum atomic E-state index is -0.362. The Morgan fingerprint density at radius 2 is 1.87 bits per heavy atom. The van der Waals surface area contributed by atoms with Crippen molar-refractivity contribution in [3.05, 3.63) is 48.0 Å². The van der Waals surface area contributed by atoms with E-state index in [1.165, 1.54) is 13.4 Å². The standard InChI is InChI=1S/C23H30N4O4/c1-30-23(29)19-7-15-31-20(19)16-18-5-9-27(10-6-18)22(28)17-25-11-13-26(14-12-25)21-4-2-3-8-24-21/h2-4,7-8,15,18H,5-6,9-14,16-17H2,1H3. The van der Waals surface area contributed by atoms with E-state index in [2.05, 4.69) is 14.8 Å². The predicted molar refractivity (Wildman–Crippen MR) is 116 cm³/mol. The summed E-state index contributed by atoms with van der Waals surface area (Å²) in [5, 5.41) is 0. The van der Waals surface area contributed by atoms with Crippen LogP contribution in [0.25, 0.3) is 0 Å². The average Bonchev–Trinajstić information content (AvgIpc) is 3.28. The maximum atomic E-state index is 12.8. The highest BCUT2D eigenvalue weighted by Gasteiger charge is 2.27. The number of carbonyl (C=O) groups is 2. The molecule has 0 saturated carbocycles. The quantitative estimate of drug-likeness (QED) is 0.654. The number of likely N-dealkylation sites (tertiary alicyclic amines) is 1. The summed E-state index contributed by atoms with van der Waals surface area (Å²) in [5.74, 6) is 1.93. The number of rotatable bonds is 6. The van der Waals surface area contributed by atoms with Gasteiger partial charge in [-0.1, -0.05) is 6.07 Å². The molecule has 166 valence electrons. The first-order chi connectivity index (χ1) is 15.1. The van der Waals surface area contributed by atoms with Gasteiger partial charge in [-0.15, -0.1) is 0 Å². The lowest BCUT2D eigenvalue weighted by Crippen LogP contribution is -2.51. The van der Waals surface area contributed by atoms with E-state index in [9.17, 15) is 9.59 Å². The smallest absolute Gasteiger partial charge is 0.341 e. The van der Waals surface area contributed by atoms with E-state index in [0.717, 1.165) is 57.9 Å². The van der Waals surface area contributed by atoms with Crippen molar-refractivity contribution >= 4 is 17.7 Å². The van der Waals surface area contributed by atoms with Crippen molar-refractivity contribution < 1.29 is 18.7 Å². The molecule has 0 N–H and O–H groups in total. The number of methoxy groups -OCH3 is 1. The van der Waals surface area contributed by atoms with Gasteiger partial charge in [-0.2, -0.15) is 0 Å². The molecule has 0 atom stereocenters. The Labute approximate surface area is 182 Å². The number of piperazine rings is 1. The molecule has 8 heteroatoms. The Hall–Kier alpha value is -2.87. The summed E-state index contributed by atoms with van der Waals surface area (Å²) in [6.45, 7) is 5.50. The summed E-state index contributed by atoms with van der Waals surface area (Å²) < 4.78 is 10.3. The summed E-state index contributed by atoms with van der Waals surface area (Å²) in [5.41, 5.74) is 0.505. The first-order valence-electron chi connectivity index (χ1n) is 10.9. The fourth-order valence-electron chi connectivity index (χ4n) is 4.41. The minimum Gasteiger partial charge on any atom is -0.468 e. The summed E-state index contributed by atoms with van der Waals surface area (Å²) in [7, 11) is 1.38. The minimum absolute atomic E-state index is 0.206. The number of pyridine rings is 1. The Bertz CT molecular complexity index is 869. The van der Waals surface area contributed by atoms with Crippen molar-refractivity contribution in [1.82, 2.24) is 14.8 Å². The van der Waals surface area contributed by atoms with Gasteiger partial charge in [0, 0.05) is 51.9 Å². The van der Waals surface area contributed by atoms with Crippen LogP contribution in [0, 0.1) is 5.92 Å². The third-order valence-electron chi connectivity index (χ3n) is 6.30. The van der Waals surface area contributed by atoms with Gasteiger partial charge in [0.1, 0.15) is 17.1 Å². The zero-order valence-electron chi connectivity index (χ0n) is 18.0. The third-order valence-corrected chi connectivity index (χ3v) is 6.30. The van der Waals surface area contributed by atoms with Crippen LogP contribution in [0.5, 0.6) is 0 Å². The van der Waals surface area contributed by atoms with Crippen molar-refractivity contribution in [2.24, 2.45) is 5.92 Å². The van der Waals surface area contributed by atoms with E-state index < -0.39 is 0 Å². The highest BCUT2D eigenvalue weighted by atomic mass is 16.5. The highest BCUT2D eigenvalue weighted by Crippen LogP contribution is 2.24. The summed E-state index contributed by atoms with van der Waals surface area (Å²) in [6, 6.07) is 7.62. The van der Waals surface area contributed by atoms with Gasteiger partial charge < -0.3 is 19.0 Å². The molecular formula is C23H30N4O4. The largest absolute Gasteiger partial charge is 0.468 e. The van der Waals surface area contributed by atoms with E-state index >= 15 is 0 Å². The Morgan fingerprint density at radius 1 is 1.10 bits per heavy atom. The van der Waals surface area contributed by atoms with E-state index in [1.54, 1.807) is 6.07 Å². The molecule has 2 aliphatic rings. The van der Waals surface area contributed by atoms with Gasteiger partial charge in [-0.25, -0.2) is 9.78 Å². The molecular weight excluding hydrogens is 396 g/mol. The lowest BCUT2D eigenvalue weighted by Gasteiger charge is -2.37. The highest BCUT2D eigenvalue weighted by molar-refractivity contribution is 5.90. The Kier molecular flexibility index (Phi) is 6.86. The number of esters is 1. The second-order valence-electron chi connectivity index (χ2n) is 8.23. The Morgan fingerprint density at radius 3 is 2.55 bits per heavy atom. The van der Waals surface area contributed by atoms with Gasteiger partial charge in [-0.05, 0) is 37.0 Å². The number of hydrogen-bond acceptors (Lipinski definition) is 7. The van der Waals surface area contributed by atoms with Crippen LogP contribution in [-0.2, 0) is 16.0 Å². The van der Waals surface area contributed by atoms with Crippen molar-refractivity contribution in [3.8, 4) is 0 Å². The number of ether oxygens (including phenoxy) is 1. The molecule has 0 aliphatic carbocycles. The van der Waals surface area contributed by atoms with Crippen LogP contribution >= 0.6 is 0 Å². The van der Waals surface area contributed by atoms with Gasteiger partial charge in [0.25, 0.3) is 0 Å². The van der Waals surface area contributed by atoms with E-state index in [-0.39, 0.29) is 11.9 Å². The van der Waals surface area contributed by atoms with Gasteiger partial charge in [-0.3, -0.25) is 9.69 Å². The maximum absolute atomic E-state index is 12.8. The molecule has 2 aromatic heterocycles. The molecule has 0 aromatic carbocycles. The van der Waals surface area contributed by atoms with Gasteiger partial charge in [0.05, 0.1) is 19.9 Å². The van der Waals surface area contributed by atoms with Crippen LogP contribution in [0.3, 0.4) is 0 Å². The van der Waals surface area contributed by atoms with Crippen LogP contribution < -0.4 is 4.90 Å². The molecule has 0 spiro atoms. The molecule has 8 nitrogen and oxygen atoms in total. The molecule has 0 bridgehead atoms. The zero-order valence-corrected chi connectivity index (χ0v) is 18.0. The summed E-state index contributed by atoms with van der Waals surface area (Å²) >= 11 is 0. The topological polar surface area (TPSA) is 79.1 Å². The number of furan rings is 1. The predicted octanol–water partition coefficient (Wildman–Crippen LogP) is 2.06. The monoisotopic (exact) mass is 426 g/mol. The van der Waals surface area contributed by atoms with Crippen LogP contribution in [0.1, 0.15) is 29.0 Å². The van der Waals surface area contributed by atoms with Gasteiger partial charge in [0.2, 0.25) is 5.91 Å². The number of amides is 1. The van der Waals surface area contributed by atoms with E-state index in [0.29, 0.717) is 30.2 Å². The number of piperidine rings is 1. The van der Waals surface area contributed by atoms with Crippen LogP contribution in [0.4, 0.5) is 5.82 Å². The van der Waals surface area contributed by atoms with Crippen LogP contribution in [0.15, 0.2) is 41.1 Å². The number of hydrogen-bond donors (Lipinski definition) is 0. The molecule has 2 aromatic rings. The summed E-state index contributed by atoms with van der Waals surface area (Å²) in [4.78, 5) is 35.5. The lowest BCUT2D eigenvalue weighted by molar-refractivity contribution is -0.133. The maximum Gasteiger partial charge on any atom is 0.341 e. The fraction of sp³-hybridized carbons (Fsp3) is 0.522. The first kappa shape index (κ1) is 21.4. The van der Waals surface area contributed by atoms with Crippen LogP contribution in [-0.4, -0.2) is 79.6 Å². The molecule has 4 rings (SSSR count). The third kappa shape index (κ3) is 5.25. The Balaban J connectivity index is 1.20. The molecule has 0 radical (unpaired) electrons. The second kappa shape index (κ2) is 9.96. The van der Waals surface area contributed by atoms with E-state index in [1.807, 2.05) is 29.3 Å². The van der Waals surface area contributed by atoms with Crippen molar-refractivity contribution in [2.45, 2.75) is 19.3 Å². The second-order valence-corrected chi connectivity index (χ2v) is 8.23. The molecule has 0 unspecified atom stereocenters. The molecule has 2 fully saturated rings. The van der Waals surface area contributed by atoms with Crippen molar-refractivity contribution in [3.63, 3.8) is 0 Å². The number of aromatic nitrogens is 1. The molecule has 1 amide bonds. The van der Waals surface area contributed by atoms with E-state index in [4.69, 9.17) is 9.15 Å². The number of nitrogens with zero attached hydrogens (tertiary/aromatic N) is 4.